The molecule has 0 amide bonds. The summed E-state index contributed by atoms with van der Waals surface area (Å²) in [6.45, 7) is 12.7. The molecule has 1 nitrogen and oxygen atoms in total. The first-order chi connectivity index (χ1) is 6.58. The number of nitrogens with two attached hydrogens (primary N) is 1. The van der Waals surface area contributed by atoms with Crippen molar-refractivity contribution in [1.82, 2.24) is 0 Å². The van der Waals surface area contributed by atoms with Gasteiger partial charge in [0.2, 0.25) is 0 Å². The van der Waals surface area contributed by atoms with Crippen molar-refractivity contribution in [2.45, 2.75) is 53.0 Å². The Balaban J connectivity index is 4.49. The second kappa shape index (κ2) is 6.83. The summed E-state index contributed by atoms with van der Waals surface area (Å²) >= 11 is 0. The predicted octanol–water partition coefficient (Wildman–Crippen LogP) is 3.66. The second-order valence-corrected chi connectivity index (χ2v) is 3.97. The van der Waals surface area contributed by atoms with Crippen molar-refractivity contribution in [3.05, 3.63) is 23.8 Å². The van der Waals surface area contributed by atoms with Gasteiger partial charge in [0.05, 0.1) is 0 Å². The summed E-state index contributed by atoms with van der Waals surface area (Å²) in [5.74, 6) is 0.586. The minimum atomic E-state index is 0.0616. The minimum absolute atomic E-state index is 0.0616. The van der Waals surface area contributed by atoms with Crippen LogP contribution in [0.2, 0.25) is 0 Å². The molecule has 2 N–H and O–H groups in total. The predicted molar refractivity (Wildman–Crippen MR) is 65.2 cm³/mol. The van der Waals surface area contributed by atoms with E-state index < -0.39 is 0 Å². The molecule has 0 aliphatic carbocycles. The molecule has 0 heterocycles. The van der Waals surface area contributed by atoms with Crippen LogP contribution in [-0.2, 0) is 0 Å². The van der Waals surface area contributed by atoms with Crippen LogP contribution in [0.15, 0.2) is 23.8 Å². The van der Waals surface area contributed by atoms with E-state index in [-0.39, 0.29) is 6.04 Å². The maximum Gasteiger partial charge on any atom is 0.0469 e. The molecule has 0 bridgehead atoms. The second-order valence-electron chi connectivity index (χ2n) is 3.97. The number of rotatable bonds is 6. The Labute approximate surface area is 89.1 Å². The summed E-state index contributed by atoms with van der Waals surface area (Å²) in [6, 6.07) is 0.0616. The lowest BCUT2D eigenvalue weighted by molar-refractivity contribution is 0.565. The van der Waals surface area contributed by atoms with Crippen molar-refractivity contribution in [3.63, 3.8) is 0 Å². The van der Waals surface area contributed by atoms with Gasteiger partial charge in [0.1, 0.15) is 0 Å². The lowest BCUT2D eigenvalue weighted by atomic mass is 9.87. The van der Waals surface area contributed by atoms with Gasteiger partial charge in [-0.15, -0.1) is 0 Å². The Morgan fingerprint density at radius 2 is 2.00 bits per heavy atom. The molecular formula is C13H25N. The molecule has 0 aromatic carbocycles. The van der Waals surface area contributed by atoms with E-state index in [1.54, 1.807) is 0 Å². The van der Waals surface area contributed by atoms with E-state index in [0.717, 1.165) is 12.0 Å². The van der Waals surface area contributed by atoms with Crippen molar-refractivity contribution in [3.8, 4) is 0 Å². The van der Waals surface area contributed by atoms with E-state index in [0.29, 0.717) is 5.92 Å². The standard InChI is InChI=1S/C13H25N/c1-6-9-11(5)12(8-3)13(14)10(4)7-2/h8,11,13H,4,6-7,9,14H2,1-3,5H3/b12-8+. The fourth-order valence-corrected chi connectivity index (χ4v) is 1.83. The van der Waals surface area contributed by atoms with Gasteiger partial charge >= 0.3 is 0 Å². The van der Waals surface area contributed by atoms with Gasteiger partial charge < -0.3 is 5.73 Å². The third-order valence-electron chi connectivity index (χ3n) is 2.88. The summed E-state index contributed by atoms with van der Waals surface area (Å²) in [5.41, 5.74) is 8.63. The first-order valence-electron chi connectivity index (χ1n) is 5.67. The van der Waals surface area contributed by atoms with E-state index in [1.165, 1.54) is 18.4 Å². The van der Waals surface area contributed by atoms with Gasteiger partial charge in [-0.3, -0.25) is 0 Å². The van der Waals surface area contributed by atoms with Gasteiger partial charge in [0.15, 0.2) is 0 Å². The Morgan fingerprint density at radius 3 is 2.36 bits per heavy atom. The average Bonchev–Trinajstić information content (AvgIpc) is 2.18. The number of hydrogen-bond acceptors (Lipinski definition) is 1. The molecule has 0 spiro atoms. The van der Waals surface area contributed by atoms with Gasteiger partial charge in [-0.1, -0.05) is 51.0 Å². The number of hydrogen-bond donors (Lipinski definition) is 1. The summed E-state index contributed by atoms with van der Waals surface area (Å²) in [4.78, 5) is 0. The molecule has 0 fully saturated rings. The van der Waals surface area contributed by atoms with Gasteiger partial charge in [-0.25, -0.2) is 0 Å². The third kappa shape index (κ3) is 3.67. The molecular weight excluding hydrogens is 170 g/mol. The molecule has 0 aliphatic heterocycles. The fourth-order valence-electron chi connectivity index (χ4n) is 1.83. The molecule has 0 aromatic heterocycles. The van der Waals surface area contributed by atoms with E-state index in [9.17, 15) is 0 Å². The molecule has 0 rings (SSSR count). The zero-order chi connectivity index (χ0) is 11.1. The van der Waals surface area contributed by atoms with Crippen LogP contribution in [0.3, 0.4) is 0 Å². The maximum absolute atomic E-state index is 6.15. The molecule has 0 radical (unpaired) electrons. The van der Waals surface area contributed by atoms with Crippen molar-refractivity contribution in [2.24, 2.45) is 11.7 Å². The lowest BCUT2D eigenvalue weighted by Crippen LogP contribution is -2.27. The van der Waals surface area contributed by atoms with Crippen LogP contribution < -0.4 is 5.73 Å². The molecule has 0 saturated carbocycles. The van der Waals surface area contributed by atoms with Crippen molar-refractivity contribution in [1.29, 1.82) is 0 Å². The van der Waals surface area contributed by atoms with E-state index in [1.807, 2.05) is 0 Å². The largest absolute Gasteiger partial charge is 0.321 e. The average molecular weight is 195 g/mol. The van der Waals surface area contributed by atoms with E-state index in [4.69, 9.17) is 5.73 Å². The summed E-state index contributed by atoms with van der Waals surface area (Å²) in [7, 11) is 0. The summed E-state index contributed by atoms with van der Waals surface area (Å²) in [5, 5.41) is 0. The van der Waals surface area contributed by atoms with Crippen LogP contribution >= 0.6 is 0 Å². The van der Waals surface area contributed by atoms with Gasteiger partial charge in [-0.05, 0) is 25.7 Å². The number of allylic oxidation sites excluding steroid dienone is 1. The van der Waals surface area contributed by atoms with Crippen molar-refractivity contribution in [2.75, 3.05) is 0 Å². The van der Waals surface area contributed by atoms with Crippen LogP contribution in [0.4, 0.5) is 0 Å². The quantitative estimate of drug-likeness (QED) is 0.643. The molecule has 2 atom stereocenters. The smallest absolute Gasteiger partial charge is 0.0469 e. The van der Waals surface area contributed by atoms with E-state index >= 15 is 0 Å². The topological polar surface area (TPSA) is 26.0 Å². The maximum atomic E-state index is 6.15. The lowest BCUT2D eigenvalue weighted by Gasteiger charge is -2.23. The highest BCUT2D eigenvalue weighted by molar-refractivity contribution is 5.24. The Kier molecular flexibility index (Phi) is 6.56. The monoisotopic (exact) mass is 195 g/mol. The summed E-state index contributed by atoms with van der Waals surface area (Å²) in [6.07, 6.45) is 5.55. The van der Waals surface area contributed by atoms with Crippen LogP contribution in [0.1, 0.15) is 47.0 Å². The first-order valence-corrected chi connectivity index (χ1v) is 5.67. The Hall–Kier alpha value is -0.560. The Bertz CT molecular complexity index is 203. The first kappa shape index (κ1) is 13.4. The van der Waals surface area contributed by atoms with Crippen molar-refractivity contribution < 1.29 is 0 Å². The summed E-state index contributed by atoms with van der Waals surface area (Å²) < 4.78 is 0. The Morgan fingerprint density at radius 1 is 1.43 bits per heavy atom. The SMILES string of the molecule is C=C(CC)C(N)/C(=C/C)C(C)CCC. The van der Waals surface area contributed by atoms with Crippen LogP contribution in [0.5, 0.6) is 0 Å². The molecule has 2 unspecified atom stereocenters. The van der Waals surface area contributed by atoms with Gasteiger partial charge in [0, 0.05) is 6.04 Å². The van der Waals surface area contributed by atoms with Crippen LogP contribution in [-0.4, -0.2) is 6.04 Å². The molecule has 82 valence electrons. The highest BCUT2D eigenvalue weighted by atomic mass is 14.6. The van der Waals surface area contributed by atoms with E-state index in [2.05, 4.69) is 40.3 Å². The zero-order valence-electron chi connectivity index (χ0n) is 10.1. The third-order valence-corrected chi connectivity index (χ3v) is 2.88. The highest BCUT2D eigenvalue weighted by Gasteiger charge is 2.16. The molecule has 1 heteroatoms. The fraction of sp³-hybridized carbons (Fsp3) is 0.692. The van der Waals surface area contributed by atoms with Gasteiger partial charge in [-0.2, -0.15) is 0 Å². The van der Waals surface area contributed by atoms with Crippen LogP contribution in [0, 0.1) is 5.92 Å². The normalized spacial score (nSPS) is 16.5. The molecule has 14 heavy (non-hydrogen) atoms. The van der Waals surface area contributed by atoms with Gasteiger partial charge in [0.25, 0.3) is 0 Å². The highest BCUT2D eigenvalue weighted by Crippen LogP contribution is 2.22. The van der Waals surface area contributed by atoms with Crippen molar-refractivity contribution >= 4 is 0 Å². The molecule has 0 aromatic rings. The molecule has 0 aliphatic rings. The zero-order valence-corrected chi connectivity index (χ0v) is 10.1. The molecule has 0 saturated heterocycles. The van der Waals surface area contributed by atoms with Crippen LogP contribution in [0.25, 0.3) is 0 Å². The minimum Gasteiger partial charge on any atom is -0.321 e.